The Hall–Kier alpha value is -2.18. The van der Waals surface area contributed by atoms with E-state index in [1.165, 1.54) is 12.1 Å². The maximum absolute atomic E-state index is 14.3. The van der Waals surface area contributed by atoms with Gasteiger partial charge in [0.2, 0.25) is 0 Å². The lowest BCUT2D eigenvalue weighted by Crippen LogP contribution is -2.50. The molecule has 0 heterocycles. The van der Waals surface area contributed by atoms with Crippen molar-refractivity contribution in [2.75, 3.05) is 0 Å². The Kier molecular flexibility index (Phi) is 3.85. The van der Waals surface area contributed by atoms with Gasteiger partial charge in [-0.15, -0.1) is 0 Å². The number of alkyl halides is 3. The highest BCUT2D eigenvalue weighted by molar-refractivity contribution is 6.15. The highest BCUT2D eigenvalue weighted by atomic mass is 19.3. The fraction of sp³-hybridized carbons (Fsp3) is 0.357. The van der Waals surface area contributed by atoms with Crippen molar-refractivity contribution in [1.29, 1.82) is 0 Å². The van der Waals surface area contributed by atoms with E-state index in [1.807, 2.05) is 5.43 Å². The fourth-order valence-electron chi connectivity index (χ4n) is 2.20. The first-order chi connectivity index (χ1) is 9.79. The van der Waals surface area contributed by atoms with Gasteiger partial charge in [0.25, 0.3) is 17.5 Å². The zero-order valence-electron chi connectivity index (χ0n) is 11.2. The third-order valence-corrected chi connectivity index (χ3v) is 3.39. The number of ketones is 1. The number of nitrogens with zero attached hydrogens (tertiary/aromatic N) is 1. The summed E-state index contributed by atoms with van der Waals surface area (Å²) < 4.78 is 41.5. The summed E-state index contributed by atoms with van der Waals surface area (Å²) in [6, 6.07) is 7.91. The van der Waals surface area contributed by atoms with Crippen molar-refractivity contribution in [3.8, 4) is 0 Å². The van der Waals surface area contributed by atoms with Gasteiger partial charge < -0.3 is 0 Å². The van der Waals surface area contributed by atoms with Crippen LogP contribution in [0.25, 0.3) is 0 Å². The number of benzene rings is 1. The molecule has 1 aromatic carbocycles. The van der Waals surface area contributed by atoms with Crippen molar-refractivity contribution in [2.45, 2.75) is 31.4 Å². The Labute approximate surface area is 119 Å². The minimum atomic E-state index is -3.81. The van der Waals surface area contributed by atoms with Crippen LogP contribution >= 0.6 is 0 Å². The minimum Gasteiger partial charge on any atom is -0.296 e. The van der Waals surface area contributed by atoms with Crippen LogP contribution in [0.3, 0.4) is 0 Å². The maximum atomic E-state index is 14.3. The molecule has 7 heteroatoms. The number of rotatable bonds is 3. The second kappa shape index (κ2) is 5.31. The predicted octanol–water partition coefficient (Wildman–Crippen LogP) is 2.50. The molecule has 1 N–H and O–H groups in total. The van der Waals surface area contributed by atoms with E-state index in [2.05, 4.69) is 5.10 Å². The number of hydrogen-bond acceptors (Lipinski definition) is 3. The van der Waals surface area contributed by atoms with Crippen LogP contribution in [0.1, 0.15) is 30.1 Å². The smallest absolute Gasteiger partial charge is 0.294 e. The standard InChI is InChI=1S/C14H13F3N2O2/c1-9(20)14(17)11(7-8-13(14,15)16)18-19-12(21)10-5-3-2-4-6-10/h2-6H,7-8H2,1H3,(H,19,21). The zero-order chi connectivity index (χ0) is 15.7. The third kappa shape index (κ3) is 2.55. The Morgan fingerprint density at radius 3 is 2.38 bits per heavy atom. The third-order valence-electron chi connectivity index (χ3n) is 3.39. The first kappa shape index (κ1) is 15.2. The summed E-state index contributed by atoms with van der Waals surface area (Å²) in [5.74, 6) is -5.79. The van der Waals surface area contributed by atoms with Crippen molar-refractivity contribution in [2.24, 2.45) is 5.10 Å². The molecule has 0 bridgehead atoms. The van der Waals surface area contributed by atoms with E-state index in [0.29, 0.717) is 0 Å². The molecule has 1 aromatic rings. The van der Waals surface area contributed by atoms with Crippen molar-refractivity contribution in [3.05, 3.63) is 35.9 Å². The van der Waals surface area contributed by atoms with Crippen molar-refractivity contribution in [3.63, 3.8) is 0 Å². The number of amides is 1. The molecule has 4 nitrogen and oxygen atoms in total. The minimum absolute atomic E-state index is 0.249. The van der Waals surface area contributed by atoms with Gasteiger partial charge in [-0.3, -0.25) is 9.59 Å². The highest BCUT2D eigenvalue weighted by Crippen LogP contribution is 2.45. The lowest BCUT2D eigenvalue weighted by molar-refractivity contribution is -0.145. The second-order valence-corrected chi connectivity index (χ2v) is 4.78. The van der Waals surface area contributed by atoms with E-state index in [1.54, 1.807) is 18.2 Å². The van der Waals surface area contributed by atoms with Gasteiger partial charge in [0.05, 0.1) is 5.71 Å². The van der Waals surface area contributed by atoms with Crippen LogP contribution in [0.5, 0.6) is 0 Å². The Bertz CT molecular complexity index is 601. The summed E-state index contributed by atoms with van der Waals surface area (Å²) in [5, 5.41) is 3.41. The van der Waals surface area contributed by atoms with Crippen LogP contribution in [0.15, 0.2) is 35.4 Å². The first-order valence-electron chi connectivity index (χ1n) is 6.29. The lowest BCUT2D eigenvalue weighted by Gasteiger charge is -2.24. The van der Waals surface area contributed by atoms with E-state index in [4.69, 9.17) is 0 Å². The molecule has 2 rings (SSSR count). The Morgan fingerprint density at radius 1 is 1.19 bits per heavy atom. The highest BCUT2D eigenvalue weighted by Gasteiger charge is 2.66. The van der Waals surface area contributed by atoms with Gasteiger partial charge in [0, 0.05) is 12.0 Å². The monoisotopic (exact) mass is 298 g/mol. The van der Waals surface area contributed by atoms with Gasteiger partial charge in [-0.05, 0) is 25.5 Å². The van der Waals surface area contributed by atoms with Crippen LogP contribution in [-0.2, 0) is 4.79 Å². The van der Waals surface area contributed by atoms with E-state index in [9.17, 15) is 22.8 Å². The van der Waals surface area contributed by atoms with Gasteiger partial charge in [-0.1, -0.05) is 18.2 Å². The average Bonchev–Trinajstić information content (AvgIpc) is 2.69. The quantitative estimate of drug-likeness (QED) is 0.872. The lowest BCUT2D eigenvalue weighted by atomic mass is 9.95. The SMILES string of the molecule is CC(=O)C1(F)C(=NNC(=O)c2ccccc2)CCC1(F)F. The van der Waals surface area contributed by atoms with Gasteiger partial charge in [0.1, 0.15) is 0 Å². The molecule has 1 saturated carbocycles. The number of hydrogen-bond donors (Lipinski definition) is 1. The second-order valence-electron chi connectivity index (χ2n) is 4.78. The van der Waals surface area contributed by atoms with Crippen LogP contribution in [0.2, 0.25) is 0 Å². The van der Waals surface area contributed by atoms with Crippen LogP contribution in [0.4, 0.5) is 13.2 Å². The van der Waals surface area contributed by atoms with E-state index >= 15 is 0 Å². The maximum Gasteiger partial charge on any atom is 0.294 e. The van der Waals surface area contributed by atoms with E-state index in [0.717, 1.165) is 6.92 Å². The molecule has 0 aromatic heterocycles. The van der Waals surface area contributed by atoms with Crippen molar-refractivity contribution >= 4 is 17.4 Å². The van der Waals surface area contributed by atoms with E-state index < -0.39 is 41.8 Å². The normalized spacial score (nSPS) is 25.8. The number of carbonyl (C=O) groups is 2. The van der Waals surface area contributed by atoms with Gasteiger partial charge in [0.15, 0.2) is 5.78 Å². The number of Topliss-reactive ketones (excluding diaryl/α,β-unsaturated/α-hetero) is 1. The van der Waals surface area contributed by atoms with Gasteiger partial charge in [-0.25, -0.2) is 18.6 Å². The zero-order valence-corrected chi connectivity index (χ0v) is 11.2. The molecule has 0 spiro atoms. The summed E-state index contributed by atoms with van der Waals surface area (Å²) in [4.78, 5) is 23.0. The molecule has 112 valence electrons. The van der Waals surface area contributed by atoms with Crippen molar-refractivity contribution in [1.82, 2.24) is 5.43 Å². The summed E-state index contributed by atoms with van der Waals surface area (Å²) >= 11 is 0. The molecule has 1 atom stereocenters. The molecule has 1 amide bonds. The molecule has 0 saturated heterocycles. The summed E-state index contributed by atoms with van der Waals surface area (Å²) in [6.45, 7) is 0.744. The fourth-order valence-corrected chi connectivity index (χ4v) is 2.20. The summed E-state index contributed by atoms with van der Waals surface area (Å²) in [5.41, 5.74) is -1.84. The number of hydrazone groups is 1. The van der Waals surface area contributed by atoms with Crippen LogP contribution in [0, 0.1) is 0 Å². The van der Waals surface area contributed by atoms with Crippen LogP contribution < -0.4 is 5.43 Å². The summed E-state index contributed by atoms with van der Waals surface area (Å²) in [6.07, 6.45) is -1.21. The van der Waals surface area contributed by atoms with Gasteiger partial charge >= 0.3 is 0 Å². The molecule has 1 aliphatic rings. The number of halogens is 3. The Morgan fingerprint density at radius 2 is 1.81 bits per heavy atom. The molecular weight excluding hydrogens is 285 g/mol. The molecule has 21 heavy (non-hydrogen) atoms. The summed E-state index contributed by atoms with van der Waals surface area (Å²) in [7, 11) is 0. The molecule has 1 aliphatic carbocycles. The molecule has 0 aliphatic heterocycles. The predicted molar refractivity (Wildman–Crippen MR) is 70.0 cm³/mol. The molecule has 1 unspecified atom stereocenters. The molecule has 1 fully saturated rings. The number of nitrogens with one attached hydrogen (secondary N) is 1. The van der Waals surface area contributed by atoms with Crippen molar-refractivity contribution < 1.29 is 22.8 Å². The average molecular weight is 298 g/mol. The number of carbonyl (C=O) groups excluding carboxylic acids is 2. The van der Waals surface area contributed by atoms with Crippen LogP contribution in [-0.4, -0.2) is 29.0 Å². The Balaban J connectivity index is 2.22. The molecule has 0 radical (unpaired) electrons. The van der Waals surface area contributed by atoms with E-state index in [-0.39, 0.29) is 5.56 Å². The van der Waals surface area contributed by atoms with Gasteiger partial charge in [-0.2, -0.15) is 5.10 Å². The topological polar surface area (TPSA) is 58.5 Å². The first-order valence-corrected chi connectivity index (χ1v) is 6.29. The largest absolute Gasteiger partial charge is 0.296 e. The molecular formula is C14H13F3N2O2.